The average molecular weight is 281 g/mol. The van der Waals surface area contributed by atoms with Crippen LogP contribution >= 0.6 is 0 Å². The molecular formula is C13H19N3O4. The maximum atomic E-state index is 11.9. The van der Waals surface area contributed by atoms with E-state index in [9.17, 15) is 14.7 Å². The summed E-state index contributed by atoms with van der Waals surface area (Å²) < 4.78 is 4.93. The Kier molecular flexibility index (Phi) is 5.64. The summed E-state index contributed by atoms with van der Waals surface area (Å²) >= 11 is 0. The smallest absolute Gasteiger partial charge is 0.316 e. The van der Waals surface area contributed by atoms with Crippen molar-refractivity contribution >= 4 is 11.9 Å². The van der Waals surface area contributed by atoms with Crippen LogP contribution in [0.1, 0.15) is 10.4 Å². The molecule has 0 saturated carbocycles. The van der Waals surface area contributed by atoms with Gasteiger partial charge < -0.3 is 25.4 Å². The van der Waals surface area contributed by atoms with Gasteiger partial charge in [0, 0.05) is 27.2 Å². The quantitative estimate of drug-likeness (QED) is 0.681. The number of urea groups is 1. The zero-order valence-electron chi connectivity index (χ0n) is 11.8. The van der Waals surface area contributed by atoms with Crippen molar-refractivity contribution in [1.29, 1.82) is 0 Å². The van der Waals surface area contributed by atoms with Crippen LogP contribution in [0.2, 0.25) is 0 Å². The van der Waals surface area contributed by atoms with Crippen LogP contribution in [0.3, 0.4) is 0 Å². The van der Waals surface area contributed by atoms with Crippen LogP contribution in [0.5, 0.6) is 11.5 Å². The minimum absolute atomic E-state index is 0.128. The van der Waals surface area contributed by atoms with Crippen LogP contribution in [-0.4, -0.2) is 56.2 Å². The summed E-state index contributed by atoms with van der Waals surface area (Å²) in [7, 11) is 4.66. The molecule has 0 unspecified atom stereocenters. The minimum Gasteiger partial charge on any atom is -0.504 e. The first-order chi connectivity index (χ1) is 9.47. The van der Waals surface area contributed by atoms with Crippen molar-refractivity contribution in [3.63, 3.8) is 0 Å². The standard InChI is InChI=1S/C13H19N3O4/c1-16(2)13(19)15-8-7-14-12(18)9-5-4-6-10(20-3)11(9)17/h4-6,17H,7-8H2,1-3H3,(H,14,18)(H,15,19). The number of carbonyl (C=O) groups excluding carboxylic acids is 2. The second-order valence-corrected chi connectivity index (χ2v) is 4.24. The molecule has 0 aliphatic carbocycles. The number of nitrogens with one attached hydrogen (secondary N) is 2. The Hall–Kier alpha value is -2.44. The zero-order valence-corrected chi connectivity index (χ0v) is 11.8. The predicted octanol–water partition coefficient (Wildman–Crippen LogP) is 0.402. The number of ether oxygens (including phenoxy) is 1. The van der Waals surface area contributed by atoms with Gasteiger partial charge in [-0.2, -0.15) is 0 Å². The van der Waals surface area contributed by atoms with Crippen molar-refractivity contribution in [2.45, 2.75) is 0 Å². The topological polar surface area (TPSA) is 90.9 Å². The number of hydrogen-bond acceptors (Lipinski definition) is 4. The highest BCUT2D eigenvalue weighted by Crippen LogP contribution is 2.28. The molecule has 20 heavy (non-hydrogen) atoms. The zero-order chi connectivity index (χ0) is 15.1. The van der Waals surface area contributed by atoms with Crippen LogP contribution in [0.4, 0.5) is 4.79 Å². The van der Waals surface area contributed by atoms with E-state index in [2.05, 4.69) is 10.6 Å². The molecule has 0 fully saturated rings. The van der Waals surface area contributed by atoms with E-state index in [1.165, 1.54) is 18.1 Å². The number of nitrogens with zero attached hydrogens (tertiary/aromatic N) is 1. The van der Waals surface area contributed by atoms with Crippen molar-refractivity contribution in [3.8, 4) is 11.5 Å². The van der Waals surface area contributed by atoms with E-state index >= 15 is 0 Å². The molecule has 3 N–H and O–H groups in total. The molecule has 0 aliphatic rings. The van der Waals surface area contributed by atoms with Gasteiger partial charge in [0.15, 0.2) is 11.5 Å². The second kappa shape index (κ2) is 7.22. The monoisotopic (exact) mass is 281 g/mol. The number of benzene rings is 1. The Morgan fingerprint density at radius 1 is 1.25 bits per heavy atom. The third-order valence-corrected chi connectivity index (χ3v) is 2.56. The van der Waals surface area contributed by atoms with E-state index in [1.807, 2.05) is 0 Å². The number of amides is 3. The second-order valence-electron chi connectivity index (χ2n) is 4.24. The third-order valence-electron chi connectivity index (χ3n) is 2.56. The highest BCUT2D eigenvalue weighted by molar-refractivity contribution is 5.97. The molecule has 0 spiro atoms. The predicted molar refractivity (Wildman–Crippen MR) is 74.1 cm³/mol. The number of para-hydroxylation sites is 1. The van der Waals surface area contributed by atoms with Gasteiger partial charge in [0.1, 0.15) is 0 Å². The fourth-order valence-electron chi connectivity index (χ4n) is 1.47. The van der Waals surface area contributed by atoms with Gasteiger partial charge in [0.25, 0.3) is 5.91 Å². The molecule has 7 nitrogen and oxygen atoms in total. The molecule has 0 atom stereocenters. The molecule has 0 radical (unpaired) electrons. The molecule has 3 amide bonds. The number of carbonyl (C=O) groups is 2. The maximum absolute atomic E-state index is 11.9. The molecule has 1 aromatic rings. The Labute approximate surface area is 117 Å². The van der Waals surface area contributed by atoms with Gasteiger partial charge in [-0.15, -0.1) is 0 Å². The van der Waals surface area contributed by atoms with Gasteiger partial charge in [-0.25, -0.2) is 4.79 Å². The van der Waals surface area contributed by atoms with Gasteiger partial charge in [-0.1, -0.05) is 6.07 Å². The van der Waals surface area contributed by atoms with E-state index in [4.69, 9.17) is 4.74 Å². The van der Waals surface area contributed by atoms with Gasteiger partial charge in [-0.05, 0) is 12.1 Å². The number of hydrogen-bond donors (Lipinski definition) is 3. The summed E-state index contributed by atoms with van der Waals surface area (Å²) in [6, 6.07) is 4.43. The summed E-state index contributed by atoms with van der Waals surface area (Å²) in [4.78, 5) is 24.5. The van der Waals surface area contributed by atoms with Gasteiger partial charge >= 0.3 is 6.03 Å². The lowest BCUT2D eigenvalue weighted by Gasteiger charge is -2.12. The van der Waals surface area contributed by atoms with E-state index in [-0.39, 0.29) is 29.6 Å². The third kappa shape index (κ3) is 4.04. The van der Waals surface area contributed by atoms with Crippen molar-refractivity contribution in [1.82, 2.24) is 15.5 Å². The highest BCUT2D eigenvalue weighted by Gasteiger charge is 2.14. The van der Waals surface area contributed by atoms with Crippen molar-refractivity contribution in [3.05, 3.63) is 23.8 Å². The molecule has 110 valence electrons. The van der Waals surface area contributed by atoms with E-state index in [0.717, 1.165) is 0 Å². The Morgan fingerprint density at radius 2 is 1.90 bits per heavy atom. The molecular weight excluding hydrogens is 262 g/mol. The first kappa shape index (κ1) is 15.6. The molecule has 1 rings (SSSR count). The number of phenolic OH excluding ortho intramolecular Hbond substituents is 1. The van der Waals surface area contributed by atoms with Crippen molar-refractivity contribution < 1.29 is 19.4 Å². The number of rotatable bonds is 5. The van der Waals surface area contributed by atoms with Crippen LogP contribution in [0.25, 0.3) is 0 Å². The summed E-state index contributed by atoms with van der Waals surface area (Å²) in [5.74, 6) is -0.399. The molecule has 0 saturated heterocycles. The van der Waals surface area contributed by atoms with E-state index in [1.54, 1.807) is 26.2 Å². The number of phenols is 1. The minimum atomic E-state index is -0.430. The highest BCUT2D eigenvalue weighted by atomic mass is 16.5. The van der Waals surface area contributed by atoms with Crippen LogP contribution < -0.4 is 15.4 Å². The van der Waals surface area contributed by atoms with Crippen LogP contribution in [0, 0.1) is 0 Å². The molecule has 7 heteroatoms. The Morgan fingerprint density at radius 3 is 2.50 bits per heavy atom. The van der Waals surface area contributed by atoms with Crippen LogP contribution in [0.15, 0.2) is 18.2 Å². The fourth-order valence-corrected chi connectivity index (χ4v) is 1.47. The summed E-state index contributed by atoms with van der Waals surface area (Å²) in [6.45, 7) is 0.558. The summed E-state index contributed by atoms with van der Waals surface area (Å²) in [5.41, 5.74) is 0.128. The van der Waals surface area contributed by atoms with Crippen LogP contribution in [-0.2, 0) is 0 Å². The SMILES string of the molecule is COc1cccc(C(=O)NCCNC(=O)N(C)C)c1O. The first-order valence-corrected chi connectivity index (χ1v) is 6.06. The summed E-state index contributed by atoms with van der Waals surface area (Å²) in [5, 5.41) is 15.0. The molecule has 0 aliphatic heterocycles. The maximum Gasteiger partial charge on any atom is 0.316 e. The Balaban J connectivity index is 2.50. The lowest BCUT2D eigenvalue weighted by Crippen LogP contribution is -2.39. The van der Waals surface area contributed by atoms with E-state index in [0.29, 0.717) is 6.54 Å². The fraction of sp³-hybridized carbons (Fsp3) is 0.385. The number of aromatic hydroxyl groups is 1. The van der Waals surface area contributed by atoms with E-state index < -0.39 is 5.91 Å². The Bertz CT molecular complexity index is 489. The number of methoxy groups -OCH3 is 1. The molecule has 0 aromatic heterocycles. The lowest BCUT2D eigenvalue weighted by atomic mass is 10.1. The van der Waals surface area contributed by atoms with Gasteiger partial charge in [-0.3, -0.25) is 4.79 Å². The molecule has 0 bridgehead atoms. The summed E-state index contributed by atoms with van der Waals surface area (Å²) in [6.07, 6.45) is 0. The molecule has 1 aromatic carbocycles. The van der Waals surface area contributed by atoms with Crippen molar-refractivity contribution in [2.75, 3.05) is 34.3 Å². The lowest BCUT2D eigenvalue weighted by molar-refractivity contribution is 0.0950. The first-order valence-electron chi connectivity index (χ1n) is 6.06. The normalized spacial score (nSPS) is 9.75. The van der Waals surface area contributed by atoms with Gasteiger partial charge in [0.05, 0.1) is 12.7 Å². The average Bonchev–Trinajstić information content (AvgIpc) is 2.43. The van der Waals surface area contributed by atoms with Crippen molar-refractivity contribution in [2.24, 2.45) is 0 Å². The van der Waals surface area contributed by atoms with Gasteiger partial charge in [0.2, 0.25) is 0 Å². The largest absolute Gasteiger partial charge is 0.504 e. The molecule has 0 heterocycles.